The number of pyridine rings is 1. The molecule has 0 unspecified atom stereocenters. The van der Waals surface area contributed by atoms with E-state index in [1.165, 1.54) is 0 Å². The number of imidazole rings is 1. The summed E-state index contributed by atoms with van der Waals surface area (Å²) in [5.74, 6) is -1.35. The van der Waals surface area contributed by atoms with Crippen molar-refractivity contribution in [3.8, 4) is 11.3 Å². The molecule has 4 heterocycles. The van der Waals surface area contributed by atoms with Gasteiger partial charge in [0.25, 0.3) is 0 Å². The fraction of sp³-hybridized carbons (Fsp3) is 0.478. The van der Waals surface area contributed by atoms with Gasteiger partial charge in [-0.3, -0.25) is 0 Å². The highest BCUT2D eigenvalue weighted by atomic mass is 19.3. The van der Waals surface area contributed by atoms with Crippen molar-refractivity contribution in [2.75, 3.05) is 5.32 Å². The van der Waals surface area contributed by atoms with Crippen LogP contribution >= 0.6 is 0 Å². The lowest BCUT2D eigenvalue weighted by Crippen LogP contribution is -2.32. The van der Waals surface area contributed by atoms with Crippen LogP contribution in [0, 0.1) is 6.92 Å². The van der Waals surface area contributed by atoms with Gasteiger partial charge in [0.2, 0.25) is 11.9 Å². The van der Waals surface area contributed by atoms with Gasteiger partial charge in [-0.2, -0.15) is 0 Å². The van der Waals surface area contributed by atoms with E-state index >= 15 is 0 Å². The summed E-state index contributed by atoms with van der Waals surface area (Å²) in [7, 11) is 0. The Morgan fingerprint density at radius 3 is 2.67 bits per heavy atom. The average molecular weight is 456 g/mol. The highest BCUT2D eigenvalue weighted by Gasteiger charge is 2.35. The molecule has 1 aliphatic carbocycles. The number of nitrogens with zero attached hydrogens (tertiary/aromatic N) is 6. The minimum absolute atomic E-state index is 0.0551. The van der Waals surface area contributed by atoms with Gasteiger partial charge in [-0.1, -0.05) is 0 Å². The van der Waals surface area contributed by atoms with Crippen molar-refractivity contribution in [3.05, 3.63) is 36.4 Å². The van der Waals surface area contributed by atoms with Crippen LogP contribution in [0.3, 0.4) is 0 Å². The van der Waals surface area contributed by atoms with Crippen molar-refractivity contribution >= 4 is 22.6 Å². The molecule has 1 fully saturated rings. The molecule has 0 aromatic carbocycles. The lowest BCUT2D eigenvalue weighted by Gasteiger charge is -2.28. The van der Waals surface area contributed by atoms with E-state index in [0.29, 0.717) is 31.0 Å². The third-order valence-corrected chi connectivity index (χ3v) is 6.07. The Bertz CT molecular complexity index is 1310. The third kappa shape index (κ3) is 4.39. The Kier molecular flexibility index (Phi) is 5.08. The van der Waals surface area contributed by atoms with E-state index in [1.54, 1.807) is 24.6 Å². The van der Waals surface area contributed by atoms with E-state index in [2.05, 4.69) is 20.4 Å². The Balaban J connectivity index is 1.44. The zero-order chi connectivity index (χ0) is 23.4. The van der Waals surface area contributed by atoms with Gasteiger partial charge < -0.3 is 15.0 Å². The Morgan fingerprint density at radius 2 is 1.94 bits per heavy atom. The van der Waals surface area contributed by atoms with Gasteiger partial charge in [-0.05, 0) is 51.8 Å². The average Bonchev–Trinajstić information content (AvgIpc) is 3.29. The molecule has 10 heteroatoms. The van der Waals surface area contributed by atoms with Crippen LogP contribution < -0.4 is 5.32 Å². The van der Waals surface area contributed by atoms with Crippen LogP contribution in [0.2, 0.25) is 0 Å². The van der Waals surface area contributed by atoms with Crippen LogP contribution in [0.4, 0.5) is 14.7 Å². The van der Waals surface area contributed by atoms with E-state index in [9.17, 15) is 13.9 Å². The van der Waals surface area contributed by atoms with Gasteiger partial charge in [0.05, 0.1) is 29.6 Å². The van der Waals surface area contributed by atoms with E-state index in [0.717, 1.165) is 28.1 Å². The van der Waals surface area contributed by atoms with Crippen molar-refractivity contribution < 1.29 is 13.9 Å². The van der Waals surface area contributed by atoms with Gasteiger partial charge in [-0.15, -0.1) is 5.10 Å². The van der Waals surface area contributed by atoms with Crippen LogP contribution in [-0.2, 0) is 6.54 Å². The van der Waals surface area contributed by atoms with Crippen molar-refractivity contribution in [3.63, 3.8) is 0 Å². The number of aromatic nitrogens is 6. The van der Waals surface area contributed by atoms with Crippen LogP contribution in [0.1, 0.15) is 45.4 Å². The smallest absolute Gasteiger partial charge is 0.248 e. The number of aliphatic hydroxyl groups is 1. The van der Waals surface area contributed by atoms with Crippen LogP contribution in [-0.4, -0.2) is 51.8 Å². The van der Waals surface area contributed by atoms with Crippen molar-refractivity contribution in [1.29, 1.82) is 0 Å². The zero-order valence-corrected chi connectivity index (χ0v) is 18.9. The summed E-state index contributed by atoms with van der Waals surface area (Å²) in [6, 6.07) is 5.70. The largest absolute Gasteiger partial charge is 0.389 e. The van der Waals surface area contributed by atoms with Gasteiger partial charge in [-0.25, -0.2) is 28.2 Å². The Hall–Kier alpha value is -3.14. The first kappa shape index (κ1) is 21.7. The van der Waals surface area contributed by atoms with Gasteiger partial charge in [0.15, 0.2) is 5.65 Å². The molecule has 0 radical (unpaired) electrons. The second-order valence-corrected chi connectivity index (χ2v) is 9.51. The number of anilines is 1. The fourth-order valence-corrected chi connectivity index (χ4v) is 4.39. The predicted octanol–water partition coefficient (Wildman–Crippen LogP) is 4.21. The fourth-order valence-electron chi connectivity index (χ4n) is 4.39. The lowest BCUT2D eigenvalue weighted by molar-refractivity contribution is -0.0361. The van der Waals surface area contributed by atoms with E-state index in [-0.39, 0.29) is 18.9 Å². The molecule has 174 valence electrons. The van der Waals surface area contributed by atoms with E-state index < -0.39 is 11.5 Å². The van der Waals surface area contributed by atoms with Crippen LogP contribution in [0.5, 0.6) is 0 Å². The van der Waals surface area contributed by atoms with Gasteiger partial charge >= 0.3 is 0 Å². The number of hydrogen-bond acceptors (Lipinski definition) is 6. The first-order valence-electron chi connectivity index (χ1n) is 11.1. The molecule has 8 nitrogen and oxygen atoms in total. The maximum atomic E-state index is 13.4. The number of halogens is 2. The van der Waals surface area contributed by atoms with E-state index in [4.69, 9.17) is 4.98 Å². The molecular weight excluding hydrogens is 428 g/mol. The summed E-state index contributed by atoms with van der Waals surface area (Å²) < 4.78 is 30.4. The molecule has 5 rings (SSSR count). The molecular formula is C23H27F2N7O. The highest BCUT2D eigenvalue weighted by Crippen LogP contribution is 2.34. The number of aryl methyl sites for hydroxylation is 1. The van der Waals surface area contributed by atoms with Crippen molar-refractivity contribution in [2.45, 2.75) is 70.6 Å². The molecule has 0 amide bonds. The summed E-state index contributed by atoms with van der Waals surface area (Å²) in [6.07, 6.45) is 4.11. The highest BCUT2D eigenvalue weighted by molar-refractivity contribution is 5.82. The molecule has 4 aromatic rings. The molecule has 0 aliphatic heterocycles. The molecule has 1 saturated carbocycles. The molecule has 0 spiro atoms. The molecule has 33 heavy (non-hydrogen) atoms. The number of hydrogen-bond donors (Lipinski definition) is 2. The molecule has 0 bridgehead atoms. The summed E-state index contributed by atoms with van der Waals surface area (Å²) in [6.45, 7) is 5.79. The van der Waals surface area contributed by atoms with E-state index in [1.807, 2.05) is 35.9 Å². The SMILES string of the molecule is Cc1nc2ccc(-c3ccn4nc(NC5CCC(F)(F)CC5)ncc34)nc2n1CC(C)(C)O. The number of rotatable bonds is 5. The summed E-state index contributed by atoms with van der Waals surface area (Å²) in [5, 5.41) is 18.0. The molecule has 0 atom stereocenters. The van der Waals surface area contributed by atoms with Gasteiger partial charge in [0, 0.05) is 30.6 Å². The zero-order valence-electron chi connectivity index (χ0n) is 18.9. The Morgan fingerprint density at radius 1 is 1.18 bits per heavy atom. The first-order valence-corrected chi connectivity index (χ1v) is 11.1. The second kappa shape index (κ2) is 7.72. The second-order valence-electron chi connectivity index (χ2n) is 9.51. The minimum Gasteiger partial charge on any atom is -0.389 e. The molecule has 1 aliphatic rings. The quantitative estimate of drug-likeness (QED) is 0.468. The molecule has 2 N–H and O–H groups in total. The molecule has 0 saturated heterocycles. The predicted molar refractivity (Wildman–Crippen MR) is 121 cm³/mol. The standard InChI is InChI=1S/C23H27F2N7O/c1-14-27-18-5-4-17(29-20(18)31(14)13-22(2,3)33)16-8-11-32-19(16)12-26-21(30-32)28-15-6-9-23(24,25)10-7-15/h4-5,8,11-12,15,33H,6-7,9-10,13H2,1-3H3,(H,28,30). The molecule has 4 aromatic heterocycles. The third-order valence-electron chi connectivity index (χ3n) is 6.07. The van der Waals surface area contributed by atoms with Gasteiger partial charge in [0.1, 0.15) is 11.3 Å². The number of alkyl halides is 2. The van der Waals surface area contributed by atoms with Crippen LogP contribution in [0.25, 0.3) is 27.9 Å². The van der Waals surface area contributed by atoms with Crippen molar-refractivity contribution in [1.82, 2.24) is 29.1 Å². The maximum absolute atomic E-state index is 13.4. The number of fused-ring (bicyclic) bond motifs is 2. The lowest BCUT2D eigenvalue weighted by atomic mass is 9.92. The minimum atomic E-state index is -2.56. The van der Waals surface area contributed by atoms with Crippen LogP contribution in [0.15, 0.2) is 30.6 Å². The summed E-state index contributed by atoms with van der Waals surface area (Å²) in [5.41, 5.74) is 2.98. The van der Waals surface area contributed by atoms with Crippen molar-refractivity contribution in [2.24, 2.45) is 0 Å². The first-order chi connectivity index (χ1) is 15.6. The topological polar surface area (TPSA) is 93.2 Å². The summed E-state index contributed by atoms with van der Waals surface area (Å²) >= 11 is 0. The summed E-state index contributed by atoms with van der Waals surface area (Å²) in [4.78, 5) is 13.8. The maximum Gasteiger partial charge on any atom is 0.248 e. The monoisotopic (exact) mass is 455 g/mol. The number of nitrogens with one attached hydrogen (secondary N) is 1. The Labute approximate surface area is 189 Å². The normalized spacial score (nSPS) is 17.2.